The van der Waals surface area contributed by atoms with Crippen LogP contribution in [0.3, 0.4) is 0 Å². The summed E-state index contributed by atoms with van der Waals surface area (Å²) in [5, 5.41) is 6.67. The van der Waals surface area contributed by atoms with E-state index in [4.69, 9.17) is 14.2 Å². The van der Waals surface area contributed by atoms with Gasteiger partial charge in [0.15, 0.2) is 5.96 Å². The van der Waals surface area contributed by atoms with Gasteiger partial charge in [0.25, 0.3) is 0 Å². The van der Waals surface area contributed by atoms with Gasteiger partial charge in [0.1, 0.15) is 17.2 Å². The first-order valence-corrected chi connectivity index (χ1v) is 9.56. The van der Waals surface area contributed by atoms with Crippen molar-refractivity contribution in [3.8, 4) is 17.2 Å². The van der Waals surface area contributed by atoms with Crippen molar-refractivity contribution in [3.63, 3.8) is 0 Å². The molecule has 0 spiro atoms. The largest absolute Gasteiger partial charge is 0.497 e. The molecular weight excluding hydrogens is 481 g/mol. The Morgan fingerprint density at radius 2 is 1.55 bits per heavy atom. The van der Waals surface area contributed by atoms with Crippen molar-refractivity contribution in [2.45, 2.75) is 19.8 Å². The average Bonchev–Trinajstić information content (AvgIpc) is 2.74. The molecule has 0 aliphatic rings. The minimum Gasteiger partial charge on any atom is -0.497 e. The van der Waals surface area contributed by atoms with E-state index in [1.165, 1.54) is 5.56 Å². The summed E-state index contributed by atoms with van der Waals surface area (Å²) in [5.41, 5.74) is 2.34. The van der Waals surface area contributed by atoms with Gasteiger partial charge in [-0.1, -0.05) is 12.1 Å². The summed E-state index contributed by atoms with van der Waals surface area (Å²) >= 11 is 0. The Morgan fingerprint density at radius 3 is 2.17 bits per heavy atom. The predicted molar refractivity (Wildman–Crippen MR) is 129 cm³/mol. The normalized spacial score (nSPS) is 10.7. The molecule has 2 aromatic rings. The topological polar surface area (TPSA) is 64.1 Å². The smallest absolute Gasteiger partial charge is 0.191 e. The number of ether oxygens (including phenoxy) is 3. The highest BCUT2D eigenvalue weighted by Gasteiger charge is 2.05. The third-order valence-corrected chi connectivity index (χ3v) is 4.35. The van der Waals surface area contributed by atoms with Crippen molar-refractivity contribution >= 4 is 29.9 Å². The van der Waals surface area contributed by atoms with Crippen molar-refractivity contribution in [1.82, 2.24) is 10.6 Å². The molecule has 0 aliphatic carbocycles. The predicted octanol–water partition coefficient (Wildman–Crippen LogP) is 3.67. The van der Waals surface area contributed by atoms with Crippen molar-refractivity contribution in [2.24, 2.45) is 4.99 Å². The Bertz CT molecular complexity index is 751. The van der Waals surface area contributed by atoms with E-state index in [0.29, 0.717) is 6.54 Å². The minimum atomic E-state index is 0. The first kappa shape index (κ1) is 24.9. The number of hydrogen-bond acceptors (Lipinski definition) is 4. The van der Waals surface area contributed by atoms with Crippen LogP contribution in [-0.4, -0.2) is 46.9 Å². The second-order valence-electron chi connectivity index (χ2n) is 6.21. The van der Waals surface area contributed by atoms with Crippen LogP contribution in [0.2, 0.25) is 0 Å². The Hall–Kier alpha value is -2.16. The molecule has 6 nitrogen and oxygen atoms in total. The van der Waals surface area contributed by atoms with Crippen LogP contribution in [0, 0.1) is 0 Å². The van der Waals surface area contributed by atoms with Crippen LogP contribution >= 0.6 is 24.0 Å². The van der Waals surface area contributed by atoms with E-state index in [0.717, 1.165) is 54.7 Å². The van der Waals surface area contributed by atoms with E-state index >= 15 is 0 Å². The molecule has 0 radical (unpaired) electrons. The molecule has 0 aromatic heterocycles. The van der Waals surface area contributed by atoms with Crippen LogP contribution in [0.4, 0.5) is 0 Å². The fraction of sp³-hybridized carbons (Fsp3) is 0.409. The maximum Gasteiger partial charge on any atom is 0.191 e. The number of hydrogen-bond donors (Lipinski definition) is 2. The summed E-state index contributed by atoms with van der Waals surface area (Å²) in [6.07, 6.45) is 1.69. The second-order valence-corrected chi connectivity index (χ2v) is 6.21. The zero-order valence-corrected chi connectivity index (χ0v) is 20.0. The zero-order chi connectivity index (χ0) is 20.2. The average molecular weight is 513 g/mol. The van der Waals surface area contributed by atoms with Gasteiger partial charge in [0.05, 0.1) is 21.3 Å². The number of rotatable bonds is 10. The summed E-state index contributed by atoms with van der Waals surface area (Å²) in [7, 11) is 5.02. The highest BCUT2D eigenvalue weighted by Crippen LogP contribution is 2.24. The van der Waals surface area contributed by atoms with Crippen molar-refractivity contribution in [3.05, 3.63) is 53.6 Å². The molecule has 0 bridgehead atoms. The number of halogens is 1. The number of methoxy groups -OCH3 is 3. The van der Waals surface area contributed by atoms with Gasteiger partial charge < -0.3 is 24.8 Å². The van der Waals surface area contributed by atoms with Crippen molar-refractivity contribution in [2.75, 3.05) is 41.0 Å². The molecule has 0 aliphatic heterocycles. The molecule has 160 valence electrons. The molecule has 7 heteroatoms. The van der Waals surface area contributed by atoms with Crippen LogP contribution in [0.25, 0.3) is 0 Å². The van der Waals surface area contributed by atoms with Gasteiger partial charge in [0, 0.05) is 19.6 Å². The van der Waals surface area contributed by atoms with E-state index in [-0.39, 0.29) is 24.0 Å². The van der Waals surface area contributed by atoms with E-state index in [1.807, 2.05) is 30.3 Å². The monoisotopic (exact) mass is 513 g/mol. The van der Waals surface area contributed by atoms with Gasteiger partial charge in [0.2, 0.25) is 0 Å². The van der Waals surface area contributed by atoms with E-state index in [2.05, 4.69) is 34.7 Å². The summed E-state index contributed by atoms with van der Waals surface area (Å²) in [6, 6.07) is 14.0. The SMILES string of the molecule is CCNC(=NCCc1cc(OC)ccc1OC)NCCc1ccc(OC)cc1.I. The third-order valence-electron chi connectivity index (χ3n) is 4.35. The number of guanidine groups is 1. The van der Waals surface area contributed by atoms with Gasteiger partial charge in [-0.05, 0) is 61.2 Å². The molecule has 2 N–H and O–H groups in total. The Labute approximate surface area is 191 Å². The van der Waals surface area contributed by atoms with E-state index < -0.39 is 0 Å². The zero-order valence-electron chi connectivity index (χ0n) is 17.7. The number of nitrogens with one attached hydrogen (secondary N) is 2. The Kier molecular flexibility index (Phi) is 11.9. The lowest BCUT2D eigenvalue weighted by Gasteiger charge is -2.12. The van der Waals surface area contributed by atoms with Gasteiger partial charge in [-0.25, -0.2) is 0 Å². The summed E-state index contributed by atoms with van der Waals surface area (Å²) < 4.78 is 15.9. The lowest BCUT2D eigenvalue weighted by molar-refractivity contribution is 0.399. The van der Waals surface area contributed by atoms with Crippen molar-refractivity contribution in [1.29, 1.82) is 0 Å². The second kappa shape index (κ2) is 13.9. The van der Waals surface area contributed by atoms with Crippen LogP contribution < -0.4 is 24.8 Å². The van der Waals surface area contributed by atoms with E-state index in [9.17, 15) is 0 Å². The molecule has 0 fully saturated rings. The molecule has 0 amide bonds. The molecule has 0 saturated heterocycles. The lowest BCUT2D eigenvalue weighted by atomic mass is 10.1. The number of aliphatic imine (C=N–C) groups is 1. The van der Waals surface area contributed by atoms with Gasteiger partial charge in [-0.3, -0.25) is 4.99 Å². The maximum atomic E-state index is 5.44. The maximum absolute atomic E-state index is 5.44. The highest BCUT2D eigenvalue weighted by molar-refractivity contribution is 14.0. The third kappa shape index (κ3) is 8.39. The first-order chi connectivity index (χ1) is 13.7. The first-order valence-electron chi connectivity index (χ1n) is 9.56. The van der Waals surface area contributed by atoms with E-state index in [1.54, 1.807) is 21.3 Å². The quantitative estimate of drug-likeness (QED) is 0.289. The number of benzene rings is 2. The standard InChI is InChI=1S/C22H31N3O3.HI/c1-5-23-22(24-14-12-17-6-8-19(26-2)9-7-17)25-15-13-18-16-20(27-3)10-11-21(18)28-4;/h6-11,16H,5,12-15H2,1-4H3,(H2,23,24,25);1H. The molecule has 0 saturated carbocycles. The molecule has 29 heavy (non-hydrogen) atoms. The summed E-state index contributed by atoms with van der Waals surface area (Å²) in [4.78, 5) is 4.68. The van der Waals surface area contributed by atoms with Gasteiger partial charge in [-0.2, -0.15) is 0 Å². The fourth-order valence-corrected chi connectivity index (χ4v) is 2.82. The number of nitrogens with zero attached hydrogens (tertiary/aromatic N) is 1. The van der Waals surface area contributed by atoms with Crippen LogP contribution in [-0.2, 0) is 12.8 Å². The van der Waals surface area contributed by atoms with Gasteiger partial charge in [-0.15, -0.1) is 24.0 Å². The van der Waals surface area contributed by atoms with Crippen LogP contribution in [0.5, 0.6) is 17.2 Å². The molecule has 0 unspecified atom stereocenters. The lowest BCUT2D eigenvalue weighted by Crippen LogP contribution is -2.38. The van der Waals surface area contributed by atoms with Gasteiger partial charge >= 0.3 is 0 Å². The van der Waals surface area contributed by atoms with Crippen LogP contribution in [0.15, 0.2) is 47.5 Å². The van der Waals surface area contributed by atoms with Crippen LogP contribution in [0.1, 0.15) is 18.1 Å². The highest BCUT2D eigenvalue weighted by atomic mass is 127. The molecule has 2 rings (SSSR count). The Morgan fingerprint density at radius 1 is 0.862 bits per heavy atom. The minimum absolute atomic E-state index is 0. The molecular formula is C22H32IN3O3. The molecule has 0 heterocycles. The summed E-state index contributed by atoms with van der Waals surface area (Å²) in [6.45, 7) is 4.34. The fourth-order valence-electron chi connectivity index (χ4n) is 2.82. The summed E-state index contributed by atoms with van der Waals surface area (Å²) in [5.74, 6) is 3.37. The molecule has 0 atom stereocenters. The van der Waals surface area contributed by atoms with Crippen molar-refractivity contribution < 1.29 is 14.2 Å². The molecule has 2 aromatic carbocycles. The Balaban J connectivity index is 0.00000420.